The fraction of sp³-hybridized carbons (Fsp3) is 0.280. The molecular formula is C25H21F6N5O7S. The molecule has 0 spiro atoms. The van der Waals surface area contributed by atoms with Gasteiger partial charge in [0, 0.05) is 26.2 Å². The quantitative estimate of drug-likeness (QED) is 0.331. The van der Waals surface area contributed by atoms with Gasteiger partial charge in [-0.2, -0.15) is 4.31 Å². The van der Waals surface area contributed by atoms with Crippen molar-refractivity contribution < 1.29 is 58.9 Å². The number of ether oxygens (including phenoxy) is 2. The summed E-state index contributed by atoms with van der Waals surface area (Å²) in [6.07, 6.45) is -7.79. The Kier molecular flexibility index (Phi) is 9.19. The van der Waals surface area contributed by atoms with Crippen molar-refractivity contribution in [3.8, 4) is 11.5 Å². The van der Waals surface area contributed by atoms with Gasteiger partial charge in [-0.25, -0.2) is 23.2 Å². The van der Waals surface area contributed by atoms with E-state index in [-0.39, 0.29) is 37.7 Å². The number of piperazine rings is 1. The number of alkyl halides is 6. The predicted octanol–water partition coefficient (Wildman–Crippen LogP) is 3.17. The molecule has 0 radical (unpaired) electrons. The molecule has 0 aliphatic carbocycles. The van der Waals surface area contributed by atoms with Crippen LogP contribution in [0.4, 0.5) is 32.2 Å². The molecule has 2 N–H and O–H groups in total. The van der Waals surface area contributed by atoms with Crippen LogP contribution in [-0.4, -0.2) is 78.1 Å². The van der Waals surface area contributed by atoms with Crippen LogP contribution in [0.15, 0.2) is 65.8 Å². The number of aromatic carboxylic acids is 1. The third-order valence-electron chi connectivity index (χ3n) is 6.10. The van der Waals surface area contributed by atoms with E-state index in [0.717, 1.165) is 53.1 Å². The smallest absolute Gasteiger partial charge is 0.476 e. The lowest BCUT2D eigenvalue weighted by atomic mass is 10.1. The first-order valence-corrected chi connectivity index (χ1v) is 13.8. The molecule has 2 aromatic carbocycles. The molecule has 1 aliphatic heterocycles. The molecule has 4 rings (SSSR count). The number of nitrogens with zero attached hydrogens (tertiary/aromatic N) is 4. The first kappa shape index (κ1) is 32.3. The van der Waals surface area contributed by atoms with Gasteiger partial charge in [-0.15, -0.1) is 26.3 Å². The van der Waals surface area contributed by atoms with Crippen LogP contribution in [0, 0.1) is 0 Å². The van der Waals surface area contributed by atoms with Crippen molar-refractivity contribution in [1.29, 1.82) is 0 Å². The van der Waals surface area contributed by atoms with Crippen LogP contribution in [-0.2, 0) is 21.4 Å². The summed E-state index contributed by atoms with van der Waals surface area (Å²) in [5, 5.41) is 11.6. The van der Waals surface area contributed by atoms with Crippen LogP contribution in [0.5, 0.6) is 11.5 Å². The number of carboxylic acids is 1. The number of sulfonamides is 1. The number of carboxylic acid groups (broad SMARTS) is 1. The molecule has 1 fully saturated rings. The Balaban J connectivity index is 1.56. The molecule has 0 bridgehead atoms. The van der Waals surface area contributed by atoms with Gasteiger partial charge < -0.3 is 24.8 Å². The van der Waals surface area contributed by atoms with Crippen LogP contribution in [0.25, 0.3) is 0 Å². The molecule has 0 saturated carbocycles. The average molecular weight is 650 g/mol. The van der Waals surface area contributed by atoms with Crippen molar-refractivity contribution in [3.05, 3.63) is 72.2 Å². The van der Waals surface area contributed by atoms with Gasteiger partial charge in [0.1, 0.15) is 23.4 Å². The molecule has 0 unspecified atom stereocenters. The SMILES string of the molecule is O=C(O)c1cnc(N2CCN(S(=O)(=O)c3ccc(OC(F)(F)F)cc3)[C@@H](C(=O)NCc3ccc(OC(F)(F)F)cc3)C2)cn1. The molecule has 12 nitrogen and oxygen atoms in total. The maximum Gasteiger partial charge on any atom is 0.573 e. The summed E-state index contributed by atoms with van der Waals surface area (Å²) < 4.78 is 110. The number of aromatic nitrogens is 2. The van der Waals surface area contributed by atoms with Gasteiger partial charge in [0.15, 0.2) is 5.69 Å². The molecule has 1 atom stereocenters. The number of rotatable bonds is 9. The Bertz CT molecular complexity index is 1590. The summed E-state index contributed by atoms with van der Waals surface area (Å²) >= 11 is 0. The standard InChI is InChI=1S/C25H21F6N5O7S/c26-24(27,28)42-16-3-1-15(2-4-16)11-34-22(37)20-14-35(21-13-32-19(12-33-21)23(38)39)9-10-36(20)44(40,41)18-7-5-17(6-8-18)43-25(29,30)31/h1-8,12-13,20H,9-11,14H2,(H,34,37)(H,38,39)/t20-/m1/s1. The molecule has 1 saturated heterocycles. The van der Waals surface area contributed by atoms with Crippen molar-refractivity contribution in [2.45, 2.75) is 30.2 Å². The number of benzene rings is 2. The van der Waals surface area contributed by atoms with E-state index in [4.69, 9.17) is 5.11 Å². The first-order valence-electron chi connectivity index (χ1n) is 12.3. The number of hydrogen-bond donors (Lipinski definition) is 2. The Morgan fingerprint density at radius 2 is 1.45 bits per heavy atom. The minimum atomic E-state index is -5.00. The number of halogens is 6. The summed E-state index contributed by atoms with van der Waals surface area (Å²) in [5.41, 5.74) is -0.000754. The Morgan fingerprint density at radius 3 is 1.95 bits per heavy atom. The number of carbonyl (C=O) groups excluding carboxylic acids is 1. The molecule has 2 heterocycles. The summed E-state index contributed by atoms with van der Waals surface area (Å²) in [6, 6.07) is 6.51. The first-order chi connectivity index (χ1) is 20.5. The zero-order valence-corrected chi connectivity index (χ0v) is 22.9. The van der Waals surface area contributed by atoms with Crippen molar-refractivity contribution in [3.63, 3.8) is 0 Å². The summed E-state index contributed by atoms with van der Waals surface area (Å²) in [7, 11) is -4.47. The maximum atomic E-state index is 13.6. The lowest BCUT2D eigenvalue weighted by Gasteiger charge is -2.40. The highest BCUT2D eigenvalue weighted by atomic mass is 32.2. The highest BCUT2D eigenvalue weighted by Gasteiger charge is 2.41. The lowest BCUT2D eigenvalue weighted by Crippen LogP contribution is -2.60. The molecule has 1 aromatic heterocycles. The van der Waals surface area contributed by atoms with Gasteiger partial charge in [0.25, 0.3) is 0 Å². The fourth-order valence-electron chi connectivity index (χ4n) is 4.14. The summed E-state index contributed by atoms with van der Waals surface area (Å²) in [5.74, 6) is -3.17. The van der Waals surface area contributed by atoms with E-state index in [0.29, 0.717) is 5.56 Å². The van der Waals surface area contributed by atoms with Crippen LogP contribution < -0.4 is 19.7 Å². The zero-order chi connectivity index (χ0) is 32.3. The van der Waals surface area contributed by atoms with Crippen molar-refractivity contribution in [1.82, 2.24) is 19.6 Å². The highest BCUT2D eigenvalue weighted by Crippen LogP contribution is 2.28. The largest absolute Gasteiger partial charge is 0.573 e. The summed E-state index contributed by atoms with van der Waals surface area (Å²) in [6.45, 7) is -0.834. The molecule has 19 heteroatoms. The highest BCUT2D eigenvalue weighted by molar-refractivity contribution is 7.89. The average Bonchev–Trinajstić information content (AvgIpc) is 2.95. The van der Waals surface area contributed by atoms with Gasteiger partial charge in [-0.1, -0.05) is 12.1 Å². The van der Waals surface area contributed by atoms with E-state index >= 15 is 0 Å². The Hall–Kier alpha value is -4.65. The van der Waals surface area contributed by atoms with Crippen molar-refractivity contribution in [2.24, 2.45) is 0 Å². The second-order valence-corrected chi connectivity index (χ2v) is 11.0. The van der Waals surface area contributed by atoms with Crippen LogP contribution in [0.1, 0.15) is 16.1 Å². The maximum absolute atomic E-state index is 13.6. The predicted molar refractivity (Wildman–Crippen MR) is 137 cm³/mol. The number of hydrogen-bond acceptors (Lipinski definition) is 9. The molecule has 3 aromatic rings. The lowest BCUT2D eigenvalue weighted by molar-refractivity contribution is -0.275. The molecule has 1 aliphatic rings. The topological polar surface area (TPSA) is 151 Å². The third kappa shape index (κ3) is 8.25. The second-order valence-electron chi connectivity index (χ2n) is 9.07. The summed E-state index contributed by atoms with van der Waals surface area (Å²) in [4.78, 5) is 33.3. The Morgan fingerprint density at radius 1 is 0.886 bits per heavy atom. The number of nitrogens with one attached hydrogen (secondary N) is 1. The van der Waals surface area contributed by atoms with Crippen LogP contribution in [0.2, 0.25) is 0 Å². The molecular weight excluding hydrogens is 628 g/mol. The minimum Gasteiger partial charge on any atom is -0.476 e. The number of carbonyl (C=O) groups is 2. The van der Waals surface area contributed by atoms with Gasteiger partial charge in [-0.3, -0.25) is 4.79 Å². The monoisotopic (exact) mass is 649 g/mol. The van der Waals surface area contributed by atoms with Crippen molar-refractivity contribution in [2.75, 3.05) is 24.5 Å². The zero-order valence-electron chi connectivity index (χ0n) is 22.0. The molecule has 44 heavy (non-hydrogen) atoms. The molecule has 236 valence electrons. The minimum absolute atomic E-state index is 0.0277. The van der Waals surface area contributed by atoms with E-state index in [1.807, 2.05) is 0 Å². The number of amides is 1. The van der Waals surface area contributed by atoms with E-state index in [2.05, 4.69) is 24.8 Å². The van der Waals surface area contributed by atoms with Crippen LogP contribution in [0.3, 0.4) is 0 Å². The van der Waals surface area contributed by atoms with E-state index in [1.165, 1.54) is 17.0 Å². The van der Waals surface area contributed by atoms with E-state index in [9.17, 15) is 44.3 Å². The second kappa shape index (κ2) is 12.5. The molecule has 1 amide bonds. The Labute approximate surface area is 244 Å². The van der Waals surface area contributed by atoms with Gasteiger partial charge in [0.05, 0.1) is 17.3 Å². The van der Waals surface area contributed by atoms with Crippen molar-refractivity contribution >= 4 is 27.7 Å². The van der Waals surface area contributed by atoms with E-state index < -0.39 is 57.1 Å². The van der Waals surface area contributed by atoms with Gasteiger partial charge in [-0.05, 0) is 42.0 Å². The number of anilines is 1. The van der Waals surface area contributed by atoms with Gasteiger partial charge in [0.2, 0.25) is 15.9 Å². The van der Waals surface area contributed by atoms with Crippen LogP contribution >= 0.6 is 0 Å². The fourth-order valence-corrected chi connectivity index (χ4v) is 5.71. The normalized spacial score (nSPS) is 16.3. The van der Waals surface area contributed by atoms with E-state index in [1.54, 1.807) is 0 Å². The van der Waals surface area contributed by atoms with Gasteiger partial charge >= 0.3 is 18.7 Å². The third-order valence-corrected chi connectivity index (χ3v) is 8.03.